The summed E-state index contributed by atoms with van der Waals surface area (Å²) in [4.78, 5) is 86.5. The van der Waals surface area contributed by atoms with Gasteiger partial charge in [0.2, 0.25) is 11.8 Å². The van der Waals surface area contributed by atoms with Crippen molar-refractivity contribution in [2.75, 3.05) is 11.9 Å². The Morgan fingerprint density at radius 3 is 2.19 bits per heavy atom. The number of benzene rings is 2. The van der Waals surface area contributed by atoms with Crippen LogP contribution in [-0.4, -0.2) is 54.2 Å². The molecule has 0 aromatic heterocycles. The van der Waals surface area contributed by atoms with Gasteiger partial charge in [-0.25, -0.2) is 9.18 Å². The van der Waals surface area contributed by atoms with Crippen LogP contribution in [0.4, 0.5) is 14.9 Å². The van der Waals surface area contributed by atoms with Crippen molar-refractivity contribution in [3.05, 3.63) is 65.5 Å². The molecule has 5 N–H and O–H groups in total. The molecule has 4 amide bonds. The molecule has 0 spiro atoms. The third kappa shape index (κ3) is 13.9. The van der Waals surface area contributed by atoms with Crippen molar-refractivity contribution in [3.8, 4) is 0 Å². The summed E-state index contributed by atoms with van der Waals surface area (Å²) >= 11 is 0. The lowest BCUT2D eigenvalue weighted by molar-refractivity contribution is -0.131. The van der Waals surface area contributed by atoms with Crippen LogP contribution in [0.25, 0.3) is 0 Å². The van der Waals surface area contributed by atoms with Crippen LogP contribution in [0.5, 0.6) is 0 Å². The Morgan fingerprint density at radius 1 is 0.957 bits per heavy atom. The molecule has 13 heteroatoms. The van der Waals surface area contributed by atoms with Crippen LogP contribution in [-0.2, 0) is 35.3 Å². The van der Waals surface area contributed by atoms with E-state index in [0.29, 0.717) is 17.7 Å². The number of ketones is 3. The van der Waals surface area contributed by atoms with E-state index in [1.54, 1.807) is 38.1 Å². The molecule has 0 unspecified atom stereocenters. The zero-order valence-corrected chi connectivity index (χ0v) is 26.8. The number of carbonyl (C=O) groups excluding carboxylic acids is 7. The van der Waals surface area contributed by atoms with Gasteiger partial charge in [0.05, 0.1) is 6.04 Å². The first-order chi connectivity index (χ1) is 22.7. The average molecular weight is 656 g/mol. The lowest BCUT2D eigenvalue weighted by Crippen LogP contribution is -2.45. The van der Waals surface area contributed by atoms with E-state index < -0.39 is 48.0 Å². The van der Waals surface area contributed by atoms with Crippen molar-refractivity contribution >= 4 is 47.3 Å². The third-order valence-corrected chi connectivity index (χ3v) is 7.59. The minimum atomic E-state index is -1.17. The molecular formula is C34H43FN4O8. The number of Topliss-reactive ketones (excluding diaryl/α,β-unsaturated/α-hetero) is 3. The fourth-order valence-corrected chi connectivity index (χ4v) is 4.89. The number of primary amides is 1. The molecule has 2 aromatic carbocycles. The van der Waals surface area contributed by atoms with E-state index in [1.807, 2.05) is 0 Å². The summed E-state index contributed by atoms with van der Waals surface area (Å²) in [5.74, 6) is -4.38. The molecule has 2 rings (SSSR count). The molecule has 0 fully saturated rings. The second-order valence-corrected chi connectivity index (χ2v) is 11.6. The summed E-state index contributed by atoms with van der Waals surface area (Å²) in [5, 5.41) is 7.93. The molecule has 0 bridgehead atoms. The maximum atomic E-state index is 13.5. The molecule has 0 aliphatic carbocycles. The minimum absolute atomic E-state index is 0.0648. The molecule has 0 saturated heterocycles. The van der Waals surface area contributed by atoms with Crippen molar-refractivity contribution < 1.29 is 44.1 Å². The quantitative estimate of drug-likeness (QED) is 0.0939. The predicted molar refractivity (Wildman–Crippen MR) is 171 cm³/mol. The van der Waals surface area contributed by atoms with E-state index >= 15 is 0 Å². The number of hydrogen-bond acceptors (Lipinski definition) is 8. The van der Waals surface area contributed by atoms with Crippen molar-refractivity contribution in [2.45, 2.75) is 71.9 Å². The fraction of sp³-hybridized carbons (Fsp3) is 0.441. The highest BCUT2D eigenvalue weighted by molar-refractivity contribution is 5.99. The van der Waals surface area contributed by atoms with E-state index in [4.69, 9.17) is 7.10 Å². The Bertz CT molecular complexity index is 1450. The minimum Gasteiger partial charge on any atom is -0.463 e. The number of ether oxygens (including phenoxy) is 1. The summed E-state index contributed by atoms with van der Waals surface area (Å²) in [7, 11) is 0. The largest absolute Gasteiger partial charge is 0.463 e. The normalized spacial score (nSPS) is 13.0. The van der Waals surface area contributed by atoms with Gasteiger partial charge in [-0.3, -0.25) is 28.8 Å². The number of urea groups is 1. The Kier molecular flexibility index (Phi) is 15.2. The summed E-state index contributed by atoms with van der Waals surface area (Å²) in [6.07, 6.45) is -1.04. The Hall–Kier alpha value is -4.94. The summed E-state index contributed by atoms with van der Waals surface area (Å²) in [6, 6.07) is 9.68. The molecule has 0 aliphatic rings. The molecule has 2 aromatic rings. The number of carbonyl (C=O) groups is 7. The van der Waals surface area contributed by atoms with Crippen LogP contribution in [0.1, 0.15) is 76.6 Å². The number of halogens is 1. The fourth-order valence-electron chi connectivity index (χ4n) is 4.89. The third-order valence-electron chi connectivity index (χ3n) is 7.59. The Labute approximate surface area is 274 Å². The number of anilines is 1. The van der Waals surface area contributed by atoms with Crippen LogP contribution in [0.2, 0.25) is 0 Å². The highest BCUT2D eigenvalue weighted by Crippen LogP contribution is 2.21. The Balaban J connectivity index is 2.06. The Morgan fingerprint density at radius 2 is 1.62 bits per heavy atom. The zero-order valence-electron chi connectivity index (χ0n) is 27.8. The first kappa shape index (κ1) is 36.5. The van der Waals surface area contributed by atoms with Gasteiger partial charge >= 0.3 is 6.03 Å². The first-order valence-electron chi connectivity index (χ1n) is 15.8. The van der Waals surface area contributed by atoms with Crippen molar-refractivity contribution in [3.63, 3.8) is 0 Å². The van der Waals surface area contributed by atoms with Crippen LogP contribution in [0.3, 0.4) is 0 Å². The van der Waals surface area contributed by atoms with E-state index in [-0.39, 0.29) is 74.1 Å². The van der Waals surface area contributed by atoms with Crippen molar-refractivity contribution in [1.29, 1.82) is 0 Å². The molecule has 254 valence electrons. The standard InChI is InChI=1S/C34H43FN4O8/c1-21(2)32(39-31(44)15-10-25(22(3)41)17-29(42)24-8-11-27(35)12-9-24)30(43)18-26(5-4-16-37-34(36)46)33(45)38-28-13-6-23(7-14-28)19-47-20-40/h6-9,11-14,20-21,25-26,32H,4-5,10,15-19H2,1-3H3,(H,38,45)(H,39,44)(H3,36,37,46)/t25-,26-,32+/m1/s1/i20D. The van der Waals surface area contributed by atoms with Crippen LogP contribution >= 0.6 is 0 Å². The predicted octanol–water partition coefficient (Wildman–Crippen LogP) is 3.86. The highest BCUT2D eigenvalue weighted by Gasteiger charge is 2.30. The van der Waals surface area contributed by atoms with Crippen LogP contribution < -0.4 is 21.7 Å². The lowest BCUT2D eigenvalue weighted by Gasteiger charge is -2.24. The summed E-state index contributed by atoms with van der Waals surface area (Å²) in [6.45, 7) is 4.89. The van der Waals surface area contributed by atoms with E-state index in [2.05, 4.69) is 20.7 Å². The number of rotatable bonds is 20. The van der Waals surface area contributed by atoms with Crippen molar-refractivity contribution in [1.82, 2.24) is 10.6 Å². The zero-order chi connectivity index (χ0) is 35.8. The SMILES string of the molecule is [2H]C(=O)OCc1ccc(NC(=O)[C@H](CCCNC(N)=O)CC(=O)[C@@H](NC(=O)CC[C@H](CC(=O)c2ccc(F)cc2)C(C)=O)C(C)C)cc1. The highest BCUT2D eigenvalue weighted by atomic mass is 19.1. The van der Waals surface area contributed by atoms with Gasteiger partial charge < -0.3 is 26.4 Å². The molecular weight excluding hydrogens is 611 g/mol. The monoisotopic (exact) mass is 655 g/mol. The summed E-state index contributed by atoms with van der Waals surface area (Å²) in [5.41, 5.74) is 6.40. The number of nitrogens with two attached hydrogens (primary N) is 1. The van der Waals surface area contributed by atoms with Crippen LogP contribution in [0, 0.1) is 23.6 Å². The topological polar surface area (TPSA) is 191 Å². The van der Waals surface area contributed by atoms with Gasteiger partial charge in [0.1, 0.15) is 18.2 Å². The molecule has 0 radical (unpaired) electrons. The lowest BCUT2D eigenvalue weighted by atomic mass is 9.88. The molecule has 12 nitrogen and oxygen atoms in total. The van der Waals surface area contributed by atoms with E-state index in [9.17, 15) is 38.0 Å². The molecule has 47 heavy (non-hydrogen) atoms. The second-order valence-electron chi connectivity index (χ2n) is 11.6. The van der Waals surface area contributed by atoms with Crippen molar-refractivity contribution in [2.24, 2.45) is 23.5 Å². The average Bonchev–Trinajstić information content (AvgIpc) is 3.02. The molecule has 3 atom stereocenters. The van der Waals surface area contributed by atoms with Gasteiger partial charge in [-0.1, -0.05) is 26.0 Å². The smallest absolute Gasteiger partial charge is 0.312 e. The van der Waals surface area contributed by atoms with Gasteiger partial charge in [-0.05, 0) is 74.1 Å². The van der Waals surface area contributed by atoms with Gasteiger partial charge in [0.15, 0.2) is 12.9 Å². The number of amides is 4. The molecule has 0 heterocycles. The van der Waals surface area contributed by atoms with Gasteiger partial charge in [0.25, 0.3) is 6.45 Å². The number of nitrogens with one attached hydrogen (secondary N) is 3. The first-order valence-corrected chi connectivity index (χ1v) is 15.3. The van der Waals surface area contributed by atoms with Gasteiger partial charge in [0, 0.05) is 48.9 Å². The molecule has 0 saturated carbocycles. The van der Waals surface area contributed by atoms with Gasteiger partial charge in [-0.15, -0.1) is 0 Å². The number of hydrogen-bond donors (Lipinski definition) is 4. The van der Waals surface area contributed by atoms with E-state index in [0.717, 1.165) is 12.1 Å². The summed E-state index contributed by atoms with van der Waals surface area (Å²) < 4.78 is 24.7. The maximum absolute atomic E-state index is 13.5. The molecule has 0 aliphatic heterocycles. The maximum Gasteiger partial charge on any atom is 0.312 e. The van der Waals surface area contributed by atoms with Gasteiger partial charge in [-0.2, -0.15) is 0 Å². The second kappa shape index (κ2) is 19.5. The van der Waals surface area contributed by atoms with E-state index in [1.165, 1.54) is 19.1 Å². The van der Waals surface area contributed by atoms with Crippen LogP contribution in [0.15, 0.2) is 48.5 Å².